The topological polar surface area (TPSA) is 40.5 Å². The van der Waals surface area contributed by atoms with Crippen molar-refractivity contribution in [2.45, 2.75) is 19.5 Å². The summed E-state index contributed by atoms with van der Waals surface area (Å²) in [4.78, 5) is 12.5. The predicted octanol–water partition coefficient (Wildman–Crippen LogP) is 2.01. The number of carbonyl (C=O) groups is 1. The van der Waals surface area contributed by atoms with E-state index in [1.807, 2.05) is 37.4 Å². The summed E-state index contributed by atoms with van der Waals surface area (Å²) in [5.74, 6) is -0.788. The number of aliphatic carboxylic acids is 1. The van der Waals surface area contributed by atoms with E-state index in [-0.39, 0.29) is 12.4 Å². The molecule has 0 aliphatic rings. The molecule has 0 aliphatic carbocycles. The highest BCUT2D eigenvalue weighted by Gasteiger charge is 2.16. The molecular weight excluding hydrogens is 214 g/mol. The molecule has 0 aromatic heterocycles. The number of carboxylic acids is 1. The first-order valence-electron chi connectivity index (χ1n) is 4.58. The van der Waals surface area contributed by atoms with Gasteiger partial charge in [0.2, 0.25) is 0 Å². The zero-order valence-corrected chi connectivity index (χ0v) is 9.70. The van der Waals surface area contributed by atoms with Crippen LogP contribution in [-0.4, -0.2) is 29.1 Å². The molecule has 0 bridgehead atoms. The molecule has 84 valence electrons. The van der Waals surface area contributed by atoms with Gasteiger partial charge in [-0.05, 0) is 19.5 Å². The highest BCUT2D eigenvalue weighted by Crippen LogP contribution is 2.05. The Balaban J connectivity index is 0.00000196. The molecule has 4 heteroatoms. The molecule has 1 unspecified atom stereocenters. The normalized spacial score (nSPS) is 11.9. The van der Waals surface area contributed by atoms with Gasteiger partial charge in [-0.2, -0.15) is 0 Å². The molecule has 0 saturated heterocycles. The van der Waals surface area contributed by atoms with Crippen molar-refractivity contribution in [3.8, 4) is 0 Å². The van der Waals surface area contributed by atoms with Crippen molar-refractivity contribution < 1.29 is 9.90 Å². The van der Waals surface area contributed by atoms with Crippen molar-refractivity contribution in [3.05, 3.63) is 35.9 Å². The van der Waals surface area contributed by atoms with Crippen molar-refractivity contribution >= 4 is 18.4 Å². The molecule has 0 amide bonds. The van der Waals surface area contributed by atoms with Crippen LogP contribution in [0.2, 0.25) is 0 Å². The number of halogens is 1. The van der Waals surface area contributed by atoms with E-state index < -0.39 is 12.0 Å². The fourth-order valence-corrected chi connectivity index (χ4v) is 1.20. The van der Waals surface area contributed by atoms with Crippen molar-refractivity contribution in [1.82, 2.24) is 4.90 Å². The summed E-state index contributed by atoms with van der Waals surface area (Å²) in [6, 6.07) is 9.39. The number of benzene rings is 1. The van der Waals surface area contributed by atoms with Crippen LogP contribution in [0.3, 0.4) is 0 Å². The van der Waals surface area contributed by atoms with E-state index in [9.17, 15) is 4.79 Å². The third-order valence-corrected chi connectivity index (χ3v) is 2.29. The fraction of sp³-hybridized carbons (Fsp3) is 0.364. The van der Waals surface area contributed by atoms with Gasteiger partial charge < -0.3 is 5.11 Å². The average molecular weight is 230 g/mol. The van der Waals surface area contributed by atoms with E-state index in [0.717, 1.165) is 5.56 Å². The summed E-state index contributed by atoms with van der Waals surface area (Å²) in [7, 11) is 1.81. The van der Waals surface area contributed by atoms with Gasteiger partial charge in [0, 0.05) is 6.54 Å². The first-order valence-corrected chi connectivity index (χ1v) is 4.58. The number of carboxylic acid groups (broad SMARTS) is 1. The molecule has 0 saturated carbocycles. The Morgan fingerprint density at radius 1 is 1.40 bits per heavy atom. The van der Waals surface area contributed by atoms with Gasteiger partial charge in [0.15, 0.2) is 0 Å². The molecule has 0 heterocycles. The summed E-state index contributed by atoms with van der Waals surface area (Å²) in [5, 5.41) is 8.79. The Kier molecular flexibility index (Phi) is 5.97. The lowest BCUT2D eigenvalue weighted by Gasteiger charge is -2.20. The van der Waals surface area contributed by atoms with Crippen LogP contribution in [0.1, 0.15) is 12.5 Å². The molecule has 1 N–H and O–H groups in total. The minimum absolute atomic E-state index is 0. The number of likely N-dealkylation sites (N-methyl/N-ethyl adjacent to an activating group) is 1. The van der Waals surface area contributed by atoms with Crippen molar-refractivity contribution in [2.24, 2.45) is 0 Å². The molecular formula is C11H16ClNO2. The quantitative estimate of drug-likeness (QED) is 0.859. The van der Waals surface area contributed by atoms with Crippen molar-refractivity contribution in [2.75, 3.05) is 7.05 Å². The maximum Gasteiger partial charge on any atom is 0.320 e. The minimum atomic E-state index is -0.788. The summed E-state index contributed by atoms with van der Waals surface area (Å²) in [5.41, 5.74) is 1.13. The summed E-state index contributed by atoms with van der Waals surface area (Å²) in [6.45, 7) is 2.35. The molecule has 15 heavy (non-hydrogen) atoms. The monoisotopic (exact) mass is 229 g/mol. The van der Waals surface area contributed by atoms with Crippen molar-refractivity contribution in [3.63, 3.8) is 0 Å². The van der Waals surface area contributed by atoms with Crippen LogP contribution in [0.15, 0.2) is 30.3 Å². The van der Waals surface area contributed by atoms with Gasteiger partial charge in [0.05, 0.1) is 0 Å². The van der Waals surface area contributed by atoms with E-state index in [1.54, 1.807) is 11.8 Å². The van der Waals surface area contributed by atoms with Gasteiger partial charge in [-0.1, -0.05) is 30.3 Å². The number of hydrogen-bond donors (Lipinski definition) is 1. The van der Waals surface area contributed by atoms with Gasteiger partial charge in [0.25, 0.3) is 0 Å². The van der Waals surface area contributed by atoms with Gasteiger partial charge in [-0.3, -0.25) is 9.69 Å². The summed E-state index contributed by atoms with van der Waals surface area (Å²) in [6.07, 6.45) is 0. The zero-order chi connectivity index (χ0) is 10.6. The molecule has 0 radical (unpaired) electrons. The van der Waals surface area contributed by atoms with E-state index in [2.05, 4.69) is 0 Å². The summed E-state index contributed by atoms with van der Waals surface area (Å²) < 4.78 is 0. The van der Waals surface area contributed by atoms with Crippen LogP contribution in [0, 0.1) is 0 Å². The van der Waals surface area contributed by atoms with Gasteiger partial charge >= 0.3 is 5.97 Å². The maximum atomic E-state index is 10.7. The average Bonchev–Trinajstić information content (AvgIpc) is 2.18. The molecule has 0 aliphatic heterocycles. The Hall–Kier alpha value is -1.06. The molecule has 3 nitrogen and oxygen atoms in total. The second-order valence-corrected chi connectivity index (χ2v) is 3.41. The second-order valence-electron chi connectivity index (χ2n) is 3.41. The maximum absolute atomic E-state index is 10.7. The first-order chi connectivity index (χ1) is 6.61. The largest absolute Gasteiger partial charge is 0.480 e. The standard InChI is InChI=1S/C11H15NO2.ClH/c1-9(11(13)14)12(2)8-10-6-4-3-5-7-10;/h3-7,9H,8H2,1-2H3,(H,13,14);1H. The SMILES string of the molecule is CC(C(=O)O)N(C)Cc1ccccc1.Cl. The Bertz CT molecular complexity index is 303. The van der Waals surface area contributed by atoms with E-state index in [4.69, 9.17) is 5.11 Å². The van der Waals surface area contributed by atoms with Crippen LogP contribution < -0.4 is 0 Å². The second kappa shape index (κ2) is 6.43. The number of nitrogens with zero attached hydrogens (tertiary/aromatic N) is 1. The Labute approximate surface area is 96.1 Å². The third kappa shape index (κ3) is 4.32. The van der Waals surface area contributed by atoms with E-state index in [0.29, 0.717) is 6.54 Å². The summed E-state index contributed by atoms with van der Waals surface area (Å²) >= 11 is 0. The Morgan fingerprint density at radius 2 is 1.93 bits per heavy atom. The third-order valence-electron chi connectivity index (χ3n) is 2.29. The molecule has 1 atom stereocenters. The molecule has 1 rings (SSSR count). The van der Waals surface area contributed by atoms with E-state index in [1.165, 1.54) is 0 Å². The van der Waals surface area contributed by atoms with E-state index >= 15 is 0 Å². The molecule has 0 fully saturated rings. The highest BCUT2D eigenvalue weighted by atomic mass is 35.5. The fourth-order valence-electron chi connectivity index (χ4n) is 1.20. The van der Waals surface area contributed by atoms with Crippen LogP contribution in [-0.2, 0) is 11.3 Å². The lowest BCUT2D eigenvalue weighted by Crippen LogP contribution is -2.35. The Morgan fingerprint density at radius 3 is 2.40 bits per heavy atom. The number of hydrogen-bond acceptors (Lipinski definition) is 2. The van der Waals surface area contributed by atoms with Crippen LogP contribution >= 0.6 is 12.4 Å². The highest BCUT2D eigenvalue weighted by molar-refractivity contribution is 5.85. The van der Waals surface area contributed by atoms with Gasteiger partial charge in [0.1, 0.15) is 6.04 Å². The molecule has 1 aromatic carbocycles. The van der Waals surface area contributed by atoms with Gasteiger partial charge in [-0.15, -0.1) is 12.4 Å². The minimum Gasteiger partial charge on any atom is -0.480 e. The molecule has 0 spiro atoms. The smallest absolute Gasteiger partial charge is 0.320 e. The molecule has 1 aromatic rings. The number of rotatable bonds is 4. The first kappa shape index (κ1) is 13.9. The zero-order valence-electron chi connectivity index (χ0n) is 8.88. The van der Waals surface area contributed by atoms with Crippen LogP contribution in [0.25, 0.3) is 0 Å². The lowest BCUT2D eigenvalue weighted by atomic mass is 10.2. The lowest BCUT2D eigenvalue weighted by molar-refractivity contribution is -0.142. The van der Waals surface area contributed by atoms with Crippen molar-refractivity contribution in [1.29, 1.82) is 0 Å². The predicted molar refractivity (Wildman–Crippen MR) is 62.3 cm³/mol. The van der Waals surface area contributed by atoms with Crippen LogP contribution in [0.5, 0.6) is 0 Å². The van der Waals surface area contributed by atoms with Crippen LogP contribution in [0.4, 0.5) is 0 Å². The van der Waals surface area contributed by atoms with Gasteiger partial charge in [-0.25, -0.2) is 0 Å².